The molecule has 0 atom stereocenters. The van der Waals surface area contributed by atoms with Gasteiger partial charge in [-0.05, 0) is 80.6 Å². The van der Waals surface area contributed by atoms with Gasteiger partial charge in [0.15, 0.2) is 5.82 Å². The van der Waals surface area contributed by atoms with E-state index in [-0.39, 0.29) is 4.90 Å². The average Bonchev–Trinajstić information content (AvgIpc) is 2.77. The van der Waals surface area contributed by atoms with Crippen molar-refractivity contribution in [3.05, 3.63) is 64.7 Å². The number of anilines is 2. The number of piperidine rings is 1. The molecule has 0 aliphatic carbocycles. The summed E-state index contributed by atoms with van der Waals surface area (Å²) in [7, 11) is -3.72. The molecule has 8 heteroatoms. The maximum Gasteiger partial charge on any atom is 0.262 e. The fourth-order valence-corrected chi connectivity index (χ4v) is 5.32. The number of nitrogens with zero attached hydrogens (tertiary/aromatic N) is 3. The highest BCUT2D eigenvalue weighted by atomic mass is 35.5. The third kappa shape index (κ3) is 4.83. The van der Waals surface area contributed by atoms with Gasteiger partial charge in [0.1, 0.15) is 0 Å². The normalized spacial score (nSPS) is 14.5. The summed E-state index contributed by atoms with van der Waals surface area (Å²) in [6.07, 6.45) is 3.65. The van der Waals surface area contributed by atoms with E-state index in [1.807, 2.05) is 24.3 Å². The number of hydrogen-bond donors (Lipinski definition) is 1. The standard InChI is InChI=1S/C23H25ClN4O2S/c1-16-15-22(17(2)14-20(16)24)31(29,30)27-19-8-6-18(7-9-19)21-10-11-23(26-25-21)28-12-4-3-5-13-28/h6-11,14-15,27H,3-5,12-13H2,1-2H3. The lowest BCUT2D eigenvalue weighted by atomic mass is 10.1. The molecule has 1 fully saturated rings. The van der Waals surface area contributed by atoms with Crippen molar-refractivity contribution < 1.29 is 8.42 Å². The average molecular weight is 457 g/mol. The molecule has 0 unspecified atom stereocenters. The van der Waals surface area contributed by atoms with Gasteiger partial charge in [-0.25, -0.2) is 8.42 Å². The van der Waals surface area contributed by atoms with Crippen LogP contribution in [0.2, 0.25) is 5.02 Å². The van der Waals surface area contributed by atoms with Gasteiger partial charge < -0.3 is 4.90 Å². The van der Waals surface area contributed by atoms with Crippen molar-refractivity contribution >= 4 is 33.1 Å². The molecule has 1 aromatic heterocycles. The van der Waals surface area contributed by atoms with Crippen LogP contribution in [0.3, 0.4) is 0 Å². The van der Waals surface area contributed by atoms with Crippen LogP contribution in [0, 0.1) is 13.8 Å². The molecule has 0 amide bonds. The summed E-state index contributed by atoms with van der Waals surface area (Å²) in [6.45, 7) is 5.56. The quantitative estimate of drug-likeness (QED) is 0.570. The van der Waals surface area contributed by atoms with E-state index in [0.29, 0.717) is 16.3 Å². The molecule has 0 saturated carbocycles. The molecular formula is C23H25ClN4O2S. The minimum atomic E-state index is -3.72. The first-order chi connectivity index (χ1) is 14.8. The Hall–Kier alpha value is -2.64. The van der Waals surface area contributed by atoms with E-state index in [9.17, 15) is 8.42 Å². The zero-order chi connectivity index (χ0) is 22.0. The molecule has 2 heterocycles. The third-order valence-corrected chi connectivity index (χ3v) is 7.44. The number of sulfonamides is 1. The molecule has 0 radical (unpaired) electrons. The Morgan fingerprint density at radius 1 is 0.903 bits per heavy atom. The first-order valence-electron chi connectivity index (χ1n) is 10.3. The minimum absolute atomic E-state index is 0.220. The molecule has 31 heavy (non-hydrogen) atoms. The van der Waals surface area contributed by atoms with Crippen molar-refractivity contribution in [1.29, 1.82) is 0 Å². The molecule has 3 aromatic rings. The maximum atomic E-state index is 12.8. The second-order valence-corrected chi connectivity index (χ2v) is 9.93. The van der Waals surface area contributed by atoms with Crippen LogP contribution in [0.5, 0.6) is 0 Å². The van der Waals surface area contributed by atoms with E-state index in [1.165, 1.54) is 19.3 Å². The van der Waals surface area contributed by atoms with Gasteiger partial charge in [-0.3, -0.25) is 4.72 Å². The Bertz CT molecular complexity index is 1170. The van der Waals surface area contributed by atoms with Crippen molar-refractivity contribution in [2.75, 3.05) is 22.7 Å². The van der Waals surface area contributed by atoms with E-state index in [4.69, 9.17) is 11.6 Å². The number of nitrogens with one attached hydrogen (secondary N) is 1. The van der Waals surface area contributed by atoms with Crippen LogP contribution >= 0.6 is 11.6 Å². The van der Waals surface area contributed by atoms with E-state index in [2.05, 4.69) is 19.8 Å². The Labute approximate surface area is 188 Å². The Kier molecular flexibility index (Phi) is 6.16. The molecule has 162 valence electrons. The van der Waals surface area contributed by atoms with Crippen LogP contribution in [0.4, 0.5) is 11.5 Å². The lowest BCUT2D eigenvalue weighted by Gasteiger charge is -2.27. The Morgan fingerprint density at radius 3 is 2.26 bits per heavy atom. The number of aryl methyl sites for hydroxylation is 2. The molecule has 0 bridgehead atoms. The number of aromatic nitrogens is 2. The zero-order valence-electron chi connectivity index (χ0n) is 17.6. The summed E-state index contributed by atoms with van der Waals surface area (Å²) in [5, 5.41) is 9.29. The van der Waals surface area contributed by atoms with Gasteiger partial charge in [0.2, 0.25) is 0 Å². The van der Waals surface area contributed by atoms with Crippen molar-refractivity contribution in [3.63, 3.8) is 0 Å². The van der Waals surface area contributed by atoms with Crippen molar-refractivity contribution in [2.45, 2.75) is 38.0 Å². The number of benzene rings is 2. The second kappa shape index (κ2) is 8.85. The highest BCUT2D eigenvalue weighted by molar-refractivity contribution is 7.92. The predicted molar refractivity (Wildman–Crippen MR) is 125 cm³/mol. The fourth-order valence-electron chi connectivity index (χ4n) is 3.73. The lowest BCUT2D eigenvalue weighted by Crippen LogP contribution is -2.30. The van der Waals surface area contributed by atoms with E-state index in [1.54, 1.807) is 38.1 Å². The highest BCUT2D eigenvalue weighted by Crippen LogP contribution is 2.27. The molecule has 2 aromatic carbocycles. The van der Waals surface area contributed by atoms with Gasteiger partial charge >= 0.3 is 0 Å². The monoisotopic (exact) mass is 456 g/mol. The van der Waals surface area contributed by atoms with Gasteiger partial charge in [-0.2, -0.15) is 0 Å². The summed E-state index contributed by atoms with van der Waals surface area (Å²) in [5.74, 6) is 0.904. The maximum absolute atomic E-state index is 12.8. The van der Waals surface area contributed by atoms with Crippen LogP contribution in [0.15, 0.2) is 53.4 Å². The summed E-state index contributed by atoms with van der Waals surface area (Å²) in [5.41, 5.74) is 3.42. The van der Waals surface area contributed by atoms with E-state index >= 15 is 0 Å². The summed E-state index contributed by atoms with van der Waals surface area (Å²) < 4.78 is 28.3. The minimum Gasteiger partial charge on any atom is -0.355 e. The van der Waals surface area contributed by atoms with Gasteiger partial charge in [0, 0.05) is 29.4 Å². The lowest BCUT2D eigenvalue weighted by molar-refractivity contribution is 0.571. The molecule has 1 aliphatic heterocycles. The SMILES string of the molecule is Cc1cc(S(=O)(=O)Nc2ccc(-c3ccc(N4CCCCC4)nn3)cc2)c(C)cc1Cl. The van der Waals surface area contributed by atoms with Crippen LogP contribution in [0.25, 0.3) is 11.3 Å². The van der Waals surface area contributed by atoms with Crippen LogP contribution in [-0.2, 0) is 10.0 Å². The fraction of sp³-hybridized carbons (Fsp3) is 0.304. The molecule has 4 rings (SSSR count). The van der Waals surface area contributed by atoms with Crippen LogP contribution < -0.4 is 9.62 Å². The van der Waals surface area contributed by atoms with E-state index < -0.39 is 10.0 Å². The first-order valence-corrected chi connectivity index (χ1v) is 12.2. The van der Waals surface area contributed by atoms with Crippen LogP contribution in [0.1, 0.15) is 30.4 Å². The third-order valence-electron chi connectivity index (χ3n) is 5.51. The Balaban J connectivity index is 1.50. The number of halogens is 1. The van der Waals surface area contributed by atoms with Crippen molar-refractivity contribution in [3.8, 4) is 11.3 Å². The molecule has 6 nitrogen and oxygen atoms in total. The number of hydrogen-bond acceptors (Lipinski definition) is 5. The smallest absolute Gasteiger partial charge is 0.262 e. The zero-order valence-corrected chi connectivity index (χ0v) is 19.2. The van der Waals surface area contributed by atoms with Crippen molar-refractivity contribution in [2.24, 2.45) is 0 Å². The van der Waals surface area contributed by atoms with Crippen molar-refractivity contribution in [1.82, 2.24) is 10.2 Å². The highest BCUT2D eigenvalue weighted by Gasteiger charge is 2.19. The number of rotatable bonds is 5. The van der Waals surface area contributed by atoms with Gasteiger partial charge in [0.05, 0.1) is 10.6 Å². The molecule has 1 N–H and O–H groups in total. The molecular weight excluding hydrogens is 432 g/mol. The summed E-state index contributed by atoms with van der Waals surface area (Å²) in [4.78, 5) is 2.48. The Morgan fingerprint density at radius 2 is 1.61 bits per heavy atom. The topological polar surface area (TPSA) is 75.2 Å². The van der Waals surface area contributed by atoms with Gasteiger partial charge in [0.25, 0.3) is 10.0 Å². The molecule has 0 spiro atoms. The van der Waals surface area contributed by atoms with E-state index in [0.717, 1.165) is 35.7 Å². The summed E-state index contributed by atoms with van der Waals surface area (Å²) >= 11 is 6.10. The predicted octanol–water partition coefficient (Wildman–Crippen LogP) is 5.20. The summed E-state index contributed by atoms with van der Waals surface area (Å²) in [6, 6.07) is 14.3. The van der Waals surface area contributed by atoms with Gasteiger partial charge in [-0.15, -0.1) is 10.2 Å². The van der Waals surface area contributed by atoms with Gasteiger partial charge in [-0.1, -0.05) is 23.7 Å². The largest absolute Gasteiger partial charge is 0.355 e. The second-order valence-electron chi connectivity index (χ2n) is 7.87. The molecule has 1 aliphatic rings. The first kappa shape index (κ1) is 21.6. The van der Waals surface area contributed by atoms with Crippen LogP contribution in [-0.4, -0.2) is 31.7 Å². The molecule has 1 saturated heterocycles.